The summed E-state index contributed by atoms with van der Waals surface area (Å²) < 4.78 is 23.1. The van der Waals surface area contributed by atoms with E-state index in [4.69, 9.17) is 21.1 Å². The maximum absolute atomic E-state index is 12.9. The molecule has 0 saturated heterocycles. The number of carbonyl (C=O) groups is 2. The van der Waals surface area contributed by atoms with Crippen LogP contribution in [0.4, 0.5) is 0 Å². The van der Waals surface area contributed by atoms with Gasteiger partial charge in [0.2, 0.25) is 0 Å². The third-order valence-electron chi connectivity index (χ3n) is 4.28. The molecular formula is C18H23ClO5S. The van der Waals surface area contributed by atoms with Gasteiger partial charge in [0.1, 0.15) is 0 Å². The van der Waals surface area contributed by atoms with E-state index < -0.39 is 45.2 Å². The summed E-state index contributed by atoms with van der Waals surface area (Å²) in [7, 11) is -1.36. The summed E-state index contributed by atoms with van der Waals surface area (Å²) in [5, 5.41) is -0.912. The average molecular weight is 387 g/mol. The van der Waals surface area contributed by atoms with E-state index in [9.17, 15) is 13.8 Å². The molecule has 25 heavy (non-hydrogen) atoms. The van der Waals surface area contributed by atoms with E-state index >= 15 is 0 Å². The number of rotatable bonds is 6. The predicted molar refractivity (Wildman–Crippen MR) is 95.8 cm³/mol. The molecule has 1 aromatic rings. The summed E-state index contributed by atoms with van der Waals surface area (Å²) in [6, 6.07) is 9.01. The van der Waals surface area contributed by atoms with Gasteiger partial charge < -0.3 is 9.47 Å². The number of alkyl halides is 1. The molecule has 1 aliphatic rings. The Hall–Kier alpha value is -1.40. The molecule has 1 fully saturated rings. The number of benzene rings is 1. The molecule has 0 spiro atoms. The first-order chi connectivity index (χ1) is 12.0. The van der Waals surface area contributed by atoms with E-state index in [0.29, 0.717) is 4.90 Å². The van der Waals surface area contributed by atoms with Crippen LogP contribution in [-0.4, -0.2) is 40.0 Å². The Labute approximate surface area is 155 Å². The van der Waals surface area contributed by atoms with Crippen LogP contribution >= 0.6 is 11.6 Å². The first kappa shape index (κ1) is 19.9. The highest BCUT2D eigenvalue weighted by Gasteiger charge is 2.46. The fourth-order valence-electron chi connectivity index (χ4n) is 3.09. The molecule has 0 unspecified atom stereocenters. The highest BCUT2D eigenvalue weighted by Crippen LogP contribution is 2.38. The lowest BCUT2D eigenvalue weighted by Gasteiger charge is -2.36. The molecular weight excluding hydrogens is 364 g/mol. The van der Waals surface area contributed by atoms with Crippen molar-refractivity contribution in [3.63, 3.8) is 0 Å². The average Bonchev–Trinajstić information content (AvgIpc) is 2.62. The van der Waals surface area contributed by atoms with Crippen LogP contribution in [0.1, 0.15) is 26.7 Å². The van der Waals surface area contributed by atoms with Crippen LogP contribution in [0.3, 0.4) is 0 Å². The highest BCUT2D eigenvalue weighted by atomic mass is 35.5. The van der Waals surface area contributed by atoms with Crippen LogP contribution in [0.5, 0.6) is 0 Å². The molecule has 0 bridgehead atoms. The minimum absolute atomic E-state index is 0.224. The highest BCUT2D eigenvalue weighted by molar-refractivity contribution is 7.85. The van der Waals surface area contributed by atoms with Crippen LogP contribution < -0.4 is 0 Å². The molecule has 1 aromatic carbocycles. The zero-order valence-electron chi connectivity index (χ0n) is 14.4. The minimum atomic E-state index is -1.36. The SMILES string of the molecule is CCOC(=O)[C@@H]1C[C@@H]([S@](=O)c2ccccc2)[C@@H](Cl)C[C@H]1C(=O)OCC. The molecule has 5 atom stereocenters. The van der Waals surface area contributed by atoms with Crippen LogP contribution in [0.25, 0.3) is 0 Å². The topological polar surface area (TPSA) is 69.7 Å². The molecule has 2 rings (SSSR count). The number of ether oxygens (including phenoxy) is 2. The third kappa shape index (κ3) is 4.82. The fraction of sp³-hybridized carbons (Fsp3) is 0.556. The van der Waals surface area contributed by atoms with Crippen LogP contribution in [-0.2, 0) is 29.9 Å². The molecule has 138 valence electrons. The van der Waals surface area contributed by atoms with E-state index in [1.807, 2.05) is 18.2 Å². The van der Waals surface area contributed by atoms with Crippen molar-refractivity contribution in [2.24, 2.45) is 11.8 Å². The van der Waals surface area contributed by atoms with Gasteiger partial charge in [-0.1, -0.05) is 18.2 Å². The Balaban J connectivity index is 2.24. The monoisotopic (exact) mass is 386 g/mol. The molecule has 0 radical (unpaired) electrons. The lowest BCUT2D eigenvalue weighted by molar-refractivity contribution is -0.162. The summed E-state index contributed by atoms with van der Waals surface area (Å²) in [5.74, 6) is -2.26. The van der Waals surface area contributed by atoms with Gasteiger partial charge in [0.15, 0.2) is 0 Å². The largest absolute Gasteiger partial charge is 0.466 e. The number of esters is 2. The number of hydrogen-bond acceptors (Lipinski definition) is 5. The van der Waals surface area contributed by atoms with Crippen LogP contribution in [0.15, 0.2) is 35.2 Å². The normalized spacial score (nSPS) is 27.3. The lowest BCUT2D eigenvalue weighted by atomic mass is 9.78. The second-order valence-electron chi connectivity index (χ2n) is 5.85. The standard InChI is InChI=1S/C18H23ClO5S/c1-3-23-17(20)13-10-15(19)16(11-14(13)18(21)24-4-2)25(22)12-8-6-5-7-9-12/h5-9,13-16H,3-4,10-11H2,1-2H3/t13-,14-,15+,16-,25-/m1/s1. The number of carbonyl (C=O) groups excluding carboxylic acids is 2. The molecule has 7 heteroatoms. The van der Waals surface area contributed by atoms with Crippen molar-refractivity contribution in [1.29, 1.82) is 0 Å². The second-order valence-corrected chi connectivity index (χ2v) is 8.09. The van der Waals surface area contributed by atoms with Crippen LogP contribution in [0, 0.1) is 11.8 Å². The Morgan fingerprint density at radius 2 is 1.56 bits per heavy atom. The van der Waals surface area contributed by atoms with Crippen molar-refractivity contribution in [3.05, 3.63) is 30.3 Å². The number of hydrogen-bond donors (Lipinski definition) is 0. The molecule has 0 amide bonds. The van der Waals surface area contributed by atoms with Crippen molar-refractivity contribution < 1.29 is 23.3 Å². The minimum Gasteiger partial charge on any atom is -0.466 e. The quantitative estimate of drug-likeness (QED) is 0.555. The Morgan fingerprint density at radius 3 is 2.08 bits per heavy atom. The molecule has 0 heterocycles. The molecule has 5 nitrogen and oxygen atoms in total. The van der Waals surface area contributed by atoms with Crippen molar-refractivity contribution in [1.82, 2.24) is 0 Å². The summed E-state index contributed by atoms with van der Waals surface area (Å²) in [6.07, 6.45) is 0.477. The van der Waals surface area contributed by atoms with E-state index in [0.717, 1.165) is 0 Å². The Bertz CT molecular complexity index is 621. The van der Waals surface area contributed by atoms with Gasteiger partial charge in [-0.15, -0.1) is 11.6 Å². The smallest absolute Gasteiger partial charge is 0.309 e. The van der Waals surface area contributed by atoms with E-state index in [1.54, 1.807) is 26.0 Å². The first-order valence-electron chi connectivity index (χ1n) is 8.42. The van der Waals surface area contributed by atoms with Crippen molar-refractivity contribution in [3.8, 4) is 0 Å². The zero-order chi connectivity index (χ0) is 18.4. The molecule has 0 aliphatic heterocycles. The summed E-state index contributed by atoms with van der Waals surface area (Å²) >= 11 is 6.46. The maximum atomic E-state index is 12.9. The van der Waals surface area contributed by atoms with Gasteiger partial charge in [0.05, 0.1) is 41.1 Å². The Morgan fingerprint density at radius 1 is 1.04 bits per heavy atom. The van der Waals surface area contributed by atoms with Gasteiger partial charge in [0, 0.05) is 10.3 Å². The lowest BCUT2D eigenvalue weighted by Crippen LogP contribution is -2.45. The van der Waals surface area contributed by atoms with E-state index in [-0.39, 0.29) is 26.1 Å². The van der Waals surface area contributed by atoms with Gasteiger partial charge in [-0.25, -0.2) is 0 Å². The predicted octanol–water partition coefficient (Wildman–Crippen LogP) is 2.92. The molecule has 1 aliphatic carbocycles. The fourth-order valence-corrected chi connectivity index (χ4v) is 5.20. The zero-order valence-corrected chi connectivity index (χ0v) is 15.9. The van der Waals surface area contributed by atoms with Gasteiger partial charge in [-0.05, 0) is 38.8 Å². The van der Waals surface area contributed by atoms with Gasteiger partial charge >= 0.3 is 11.9 Å². The van der Waals surface area contributed by atoms with Gasteiger partial charge in [-0.3, -0.25) is 13.8 Å². The van der Waals surface area contributed by atoms with Gasteiger partial charge in [-0.2, -0.15) is 0 Å². The molecule has 0 N–H and O–H groups in total. The van der Waals surface area contributed by atoms with Crippen LogP contribution in [0.2, 0.25) is 0 Å². The maximum Gasteiger partial charge on any atom is 0.309 e. The van der Waals surface area contributed by atoms with Gasteiger partial charge in [0.25, 0.3) is 0 Å². The van der Waals surface area contributed by atoms with Crippen molar-refractivity contribution in [2.75, 3.05) is 13.2 Å². The van der Waals surface area contributed by atoms with Crippen molar-refractivity contribution in [2.45, 2.75) is 42.2 Å². The summed E-state index contributed by atoms with van der Waals surface area (Å²) in [6.45, 7) is 3.88. The molecule has 1 saturated carbocycles. The second kappa shape index (κ2) is 9.34. The van der Waals surface area contributed by atoms with Crippen molar-refractivity contribution >= 4 is 34.3 Å². The molecule has 0 aromatic heterocycles. The number of halogens is 1. The van der Waals surface area contributed by atoms with E-state index in [1.165, 1.54) is 0 Å². The summed E-state index contributed by atoms with van der Waals surface area (Å²) in [4.78, 5) is 25.3. The first-order valence-corrected chi connectivity index (χ1v) is 10.1. The van der Waals surface area contributed by atoms with E-state index in [2.05, 4.69) is 0 Å². The Kier molecular flexibility index (Phi) is 7.44. The summed E-state index contributed by atoms with van der Waals surface area (Å²) in [5.41, 5.74) is 0. The third-order valence-corrected chi connectivity index (χ3v) is 6.72.